The highest BCUT2D eigenvalue weighted by Gasteiger charge is 2.14. The van der Waals surface area contributed by atoms with Gasteiger partial charge in [-0.05, 0) is 13.8 Å². The minimum atomic E-state index is -1.60. The number of carbonyl (C=O) groups is 2. The molecule has 0 aromatic carbocycles. The van der Waals surface area contributed by atoms with Crippen molar-refractivity contribution < 1.29 is 19.8 Å². The standard InChI is InChI=1S/C11H18N4O4/c1-6-8(7(2)15(3)14-6)4-12-11(19)13-5-9(16)10(17)18/h9,16H,4-5H2,1-3H3,(H,17,18)(H2,12,13,19). The van der Waals surface area contributed by atoms with E-state index in [1.165, 1.54) is 0 Å². The zero-order valence-electron chi connectivity index (χ0n) is 11.1. The van der Waals surface area contributed by atoms with Crippen LogP contribution in [0.15, 0.2) is 0 Å². The molecule has 8 heteroatoms. The Bertz CT molecular complexity index is 483. The third-order valence-corrected chi connectivity index (χ3v) is 2.83. The number of aliphatic hydroxyl groups excluding tert-OH is 1. The average Bonchev–Trinajstić information content (AvgIpc) is 2.58. The maximum Gasteiger partial charge on any atom is 0.334 e. The van der Waals surface area contributed by atoms with Crippen LogP contribution in [0.3, 0.4) is 0 Å². The molecule has 0 aliphatic carbocycles. The Kier molecular flexibility index (Phi) is 4.87. The zero-order chi connectivity index (χ0) is 14.6. The highest BCUT2D eigenvalue weighted by atomic mass is 16.4. The highest BCUT2D eigenvalue weighted by molar-refractivity contribution is 5.76. The number of carboxylic acid groups (broad SMARTS) is 1. The van der Waals surface area contributed by atoms with Gasteiger partial charge in [0.25, 0.3) is 0 Å². The summed E-state index contributed by atoms with van der Waals surface area (Å²) in [6.45, 7) is 3.69. The molecule has 0 aliphatic rings. The summed E-state index contributed by atoms with van der Waals surface area (Å²) in [5.74, 6) is -1.38. The molecule has 4 N–H and O–H groups in total. The van der Waals surface area contributed by atoms with Crippen LogP contribution < -0.4 is 10.6 Å². The second-order valence-corrected chi connectivity index (χ2v) is 4.19. The summed E-state index contributed by atoms with van der Waals surface area (Å²) in [4.78, 5) is 21.8. The average molecular weight is 270 g/mol. The fourth-order valence-electron chi connectivity index (χ4n) is 1.58. The van der Waals surface area contributed by atoms with E-state index < -0.39 is 18.1 Å². The first-order chi connectivity index (χ1) is 8.82. The van der Waals surface area contributed by atoms with Crippen molar-refractivity contribution in [1.82, 2.24) is 20.4 Å². The maximum absolute atomic E-state index is 11.4. The van der Waals surface area contributed by atoms with E-state index in [0.29, 0.717) is 6.54 Å². The summed E-state index contributed by atoms with van der Waals surface area (Å²) in [6, 6.07) is -0.539. The molecule has 1 atom stereocenters. The molecule has 19 heavy (non-hydrogen) atoms. The smallest absolute Gasteiger partial charge is 0.334 e. The van der Waals surface area contributed by atoms with Gasteiger partial charge in [-0.1, -0.05) is 0 Å². The van der Waals surface area contributed by atoms with Crippen LogP contribution >= 0.6 is 0 Å². The van der Waals surface area contributed by atoms with Crippen LogP contribution in [-0.4, -0.2) is 44.6 Å². The van der Waals surface area contributed by atoms with E-state index in [4.69, 9.17) is 10.2 Å². The van der Waals surface area contributed by atoms with Gasteiger partial charge in [0, 0.05) is 24.8 Å². The van der Waals surface area contributed by atoms with Gasteiger partial charge in [-0.15, -0.1) is 0 Å². The van der Waals surface area contributed by atoms with Gasteiger partial charge in [-0.2, -0.15) is 5.10 Å². The first-order valence-corrected chi connectivity index (χ1v) is 5.74. The summed E-state index contributed by atoms with van der Waals surface area (Å²) < 4.78 is 1.72. The number of carbonyl (C=O) groups excluding carboxylic acids is 1. The topological polar surface area (TPSA) is 116 Å². The first kappa shape index (κ1) is 15.0. The van der Waals surface area contributed by atoms with Crippen molar-refractivity contribution in [2.45, 2.75) is 26.5 Å². The number of aryl methyl sites for hydroxylation is 2. The molecular weight excluding hydrogens is 252 g/mol. The van der Waals surface area contributed by atoms with E-state index in [2.05, 4.69) is 15.7 Å². The number of amides is 2. The number of aliphatic carboxylic acids is 1. The van der Waals surface area contributed by atoms with Gasteiger partial charge < -0.3 is 20.8 Å². The van der Waals surface area contributed by atoms with E-state index >= 15 is 0 Å². The lowest BCUT2D eigenvalue weighted by atomic mass is 10.2. The van der Waals surface area contributed by atoms with Crippen LogP contribution in [0.2, 0.25) is 0 Å². The van der Waals surface area contributed by atoms with Crippen LogP contribution in [0.25, 0.3) is 0 Å². The molecule has 0 radical (unpaired) electrons. The molecular formula is C11H18N4O4. The number of carboxylic acids is 1. The minimum Gasteiger partial charge on any atom is -0.479 e. The van der Waals surface area contributed by atoms with Crippen molar-refractivity contribution in [2.24, 2.45) is 7.05 Å². The van der Waals surface area contributed by atoms with Crippen LogP contribution in [0, 0.1) is 13.8 Å². The molecule has 1 aromatic heterocycles. The van der Waals surface area contributed by atoms with Crippen molar-refractivity contribution in [1.29, 1.82) is 0 Å². The Morgan fingerprint density at radius 2 is 2.00 bits per heavy atom. The molecule has 0 aliphatic heterocycles. The fraction of sp³-hybridized carbons (Fsp3) is 0.545. The van der Waals surface area contributed by atoms with Gasteiger partial charge in [0.2, 0.25) is 0 Å². The number of aromatic nitrogens is 2. The van der Waals surface area contributed by atoms with E-state index in [9.17, 15) is 9.59 Å². The molecule has 0 saturated heterocycles. The molecule has 0 saturated carbocycles. The van der Waals surface area contributed by atoms with Crippen molar-refractivity contribution in [2.75, 3.05) is 6.54 Å². The van der Waals surface area contributed by atoms with Crippen molar-refractivity contribution in [3.8, 4) is 0 Å². The SMILES string of the molecule is Cc1nn(C)c(C)c1CNC(=O)NCC(O)C(=O)O. The lowest BCUT2D eigenvalue weighted by molar-refractivity contribution is -0.146. The second-order valence-electron chi connectivity index (χ2n) is 4.19. The Morgan fingerprint density at radius 3 is 2.47 bits per heavy atom. The molecule has 1 unspecified atom stereocenters. The van der Waals surface area contributed by atoms with Gasteiger partial charge in [-0.25, -0.2) is 9.59 Å². The number of hydrogen-bond donors (Lipinski definition) is 4. The number of nitrogens with zero attached hydrogens (tertiary/aromatic N) is 2. The van der Waals surface area contributed by atoms with E-state index in [1.54, 1.807) is 4.68 Å². The third-order valence-electron chi connectivity index (χ3n) is 2.83. The molecule has 1 heterocycles. The molecule has 8 nitrogen and oxygen atoms in total. The monoisotopic (exact) mass is 270 g/mol. The van der Waals surface area contributed by atoms with Gasteiger partial charge >= 0.3 is 12.0 Å². The van der Waals surface area contributed by atoms with E-state index in [-0.39, 0.29) is 6.54 Å². The fourth-order valence-corrected chi connectivity index (χ4v) is 1.58. The molecule has 106 valence electrons. The van der Waals surface area contributed by atoms with Crippen molar-refractivity contribution >= 4 is 12.0 Å². The normalized spacial score (nSPS) is 12.0. The van der Waals surface area contributed by atoms with Crippen molar-refractivity contribution in [3.63, 3.8) is 0 Å². The second kappa shape index (κ2) is 6.19. The van der Waals surface area contributed by atoms with Crippen LogP contribution in [-0.2, 0) is 18.4 Å². The van der Waals surface area contributed by atoms with Gasteiger partial charge in [-0.3, -0.25) is 4.68 Å². The third kappa shape index (κ3) is 3.95. The molecule has 0 bridgehead atoms. The Balaban J connectivity index is 2.44. The largest absolute Gasteiger partial charge is 0.479 e. The molecule has 0 spiro atoms. The van der Waals surface area contributed by atoms with Crippen LogP contribution in [0.1, 0.15) is 17.0 Å². The van der Waals surface area contributed by atoms with Crippen molar-refractivity contribution in [3.05, 3.63) is 17.0 Å². The Morgan fingerprint density at radius 1 is 1.37 bits per heavy atom. The van der Waals surface area contributed by atoms with E-state index in [1.807, 2.05) is 20.9 Å². The minimum absolute atomic E-state index is 0.292. The molecule has 0 fully saturated rings. The molecule has 2 amide bonds. The van der Waals surface area contributed by atoms with Gasteiger partial charge in [0.1, 0.15) is 0 Å². The van der Waals surface area contributed by atoms with E-state index in [0.717, 1.165) is 17.0 Å². The summed E-state index contributed by atoms with van der Waals surface area (Å²) in [5.41, 5.74) is 2.69. The predicted octanol–water partition coefficient (Wildman–Crippen LogP) is -0.718. The quantitative estimate of drug-likeness (QED) is 0.563. The van der Waals surface area contributed by atoms with Crippen LogP contribution in [0.4, 0.5) is 4.79 Å². The summed E-state index contributed by atoms with van der Waals surface area (Å²) in [5, 5.41) is 26.5. The first-order valence-electron chi connectivity index (χ1n) is 5.74. The molecule has 1 rings (SSSR count). The number of aliphatic hydroxyl groups is 1. The lowest BCUT2D eigenvalue weighted by Gasteiger charge is -2.09. The van der Waals surface area contributed by atoms with Crippen LogP contribution in [0.5, 0.6) is 0 Å². The highest BCUT2D eigenvalue weighted by Crippen LogP contribution is 2.10. The summed E-state index contributed by atoms with van der Waals surface area (Å²) >= 11 is 0. The Labute approximate surface area is 110 Å². The zero-order valence-corrected chi connectivity index (χ0v) is 11.1. The van der Waals surface area contributed by atoms with Gasteiger partial charge in [0.05, 0.1) is 12.2 Å². The molecule has 1 aromatic rings. The predicted molar refractivity (Wildman–Crippen MR) is 66.6 cm³/mol. The Hall–Kier alpha value is -2.09. The lowest BCUT2D eigenvalue weighted by Crippen LogP contribution is -2.41. The number of urea groups is 1. The summed E-state index contributed by atoms with van der Waals surface area (Å²) in [7, 11) is 1.81. The van der Waals surface area contributed by atoms with Gasteiger partial charge in [0.15, 0.2) is 6.10 Å². The number of nitrogens with one attached hydrogen (secondary N) is 2. The number of rotatable bonds is 5. The number of hydrogen-bond acceptors (Lipinski definition) is 4. The maximum atomic E-state index is 11.4. The summed E-state index contributed by atoms with van der Waals surface area (Å²) in [6.07, 6.45) is -1.60.